The first-order valence-corrected chi connectivity index (χ1v) is 7.15. The van der Waals surface area contributed by atoms with E-state index in [1.54, 1.807) is 24.7 Å². The molecule has 0 saturated carbocycles. The van der Waals surface area contributed by atoms with Crippen LogP contribution in [-0.4, -0.2) is 29.0 Å². The summed E-state index contributed by atoms with van der Waals surface area (Å²) in [6, 6.07) is 5.46. The molecule has 2 aromatic rings. The maximum atomic E-state index is 12.2. The van der Waals surface area contributed by atoms with Crippen LogP contribution in [0.3, 0.4) is 0 Å². The molecule has 0 aliphatic carbocycles. The van der Waals surface area contributed by atoms with Crippen LogP contribution in [-0.2, 0) is 11.3 Å². The summed E-state index contributed by atoms with van der Waals surface area (Å²) < 4.78 is 5.22. The topological polar surface area (TPSA) is 71.3 Å². The van der Waals surface area contributed by atoms with Crippen LogP contribution in [0.4, 0.5) is 5.95 Å². The fourth-order valence-electron chi connectivity index (χ4n) is 2.56. The molecule has 6 heteroatoms. The third-order valence-electron chi connectivity index (χ3n) is 3.64. The maximum absolute atomic E-state index is 12.2. The molecule has 1 saturated heterocycles. The van der Waals surface area contributed by atoms with Crippen LogP contribution in [0.1, 0.15) is 18.6 Å². The summed E-state index contributed by atoms with van der Waals surface area (Å²) in [5.41, 5.74) is 0. The smallest absolute Gasteiger partial charge is 0.225 e. The Bertz CT molecular complexity index is 571. The van der Waals surface area contributed by atoms with E-state index < -0.39 is 0 Å². The zero-order valence-electron chi connectivity index (χ0n) is 11.7. The Kier molecular flexibility index (Phi) is 4.14. The van der Waals surface area contributed by atoms with Gasteiger partial charge in [-0.15, -0.1) is 0 Å². The van der Waals surface area contributed by atoms with Crippen molar-refractivity contribution in [1.82, 2.24) is 15.3 Å². The molecule has 1 N–H and O–H groups in total. The molecule has 21 heavy (non-hydrogen) atoms. The quantitative estimate of drug-likeness (QED) is 0.924. The minimum atomic E-state index is -0.0301. The third kappa shape index (κ3) is 3.39. The van der Waals surface area contributed by atoms with E-state index in [1.807, 2.05) is 12.1 Å². The molecule has 0 bridgehead atoms. The predicted molar refractivity (Wildman–Crippen MR) is 77.5 cm³/mol. The minimum absolute atomic E-state index is 0.0301. The molecule has 110 valence electrons. The van der Waals surface area contributed by atoms with Crippen LogP contribution in [0.5, 0.6) is 0 Å². The molecule has 3 rings (SSSR count). The van der Waals surface area contributed by atoms with Gasteiger partial charge in [0.1, 0.15) is 5.76 Å². The molecule has 0 spiro atoms. The number of rotatable bonds is 4. The standard InChI is InChI=1S/C15H18N4O2/c20-14(18-10-13-5-2-9-21-13)12-4-1-8-19(11-12)15-16-6-3-7-17-15/h2-3,5-7,9,12H,1,4,8,10-11H2,(H,18,20)/t12-/m1/s1. The SMILES string of the molecule is O=C(NCc1ccco1)[C@@H]1CCCN(c2ncccn2)C1. The van der Waals surface area contributed by atoms with Gasteiger partial charge in [-0.3, -0.25) is 4.79 Å². The Morgan fingerprint density at radius 3 is 3.00 bits per heavy atom. The number of carbonyl (C=O) groups is 1. The summed E-state index contributed by atoms with van der Waals surface area (Å²) in [7, 11) is 0. The Morgan fingerprint density at radius 2 is 2.24 bits per heavy atom. The molecule has 0 radical (unpaired) electrons. The first-order chi connectivity index (χ1) is 10.3. The van der Waals surface area contributed by atoms with Crippen molar-refractivity contribution in [2.75, 3.05) is 18.0 Å². The predicted octanol–water partition coefficient (Wildman–Crippen LogP) is 1.60. The van der Waals surface area contributed by atoms with Crippen molar-refractivity contribution in [2.24, 2.45) is 5.92 Å². The molecule has 1 aliphatic rings. The van der Waals surface area contributed by atoms with Crippen molar-refractivity contribution in [3.05, 3.63) is 42.6 Å². The Labute approximate surface area is 123 Å². The zero-order valence-corrected chi connectivity index (χ0v) is 11.7. The second-order valence-electron chi connectivity index (χ2n) is 5.13. The van der Waals surface area contributed by atoms with Gasteiger partial charge in [-0.25, -0.2) is 9.97 Å². The number of furan rings is 1. The first-order valence-electron chi connectivity index (χ1n) is 7.15. The highest BCUT2D eigenvalue weighted by Gasteiger charge is 2.26. The lowest BCUT2D eigenvalue weighted by atomic mass is 9.97. The highest BCUT2D eigenvalue weighted by atomic mass is 16.3. The fraction of sp³-hybridized carbons (Fsp3) is 0.400. The number of aromatic nitrogens is 2. The number of amides is 1. The molecule has 1 fully saturated rings. The van der Waals surface area contributed by atoms with Crippen molar-refractivity contribution < 1.29 is 9.21 Å². The van der Waals surface area contributed by atoms with Gasteiger partial charge in [0, 0.05) is 25.5 Å². The van der Waals surface area contributed by atoms with Crippen molar-refractivity contribution >= 4 is 11.9 Å². The van der Waals surface area contributed by atoms with Gasteiger partial charge in [-0.05, 0) is 31.0 Å². The number of hydrogen-bond acceptors (Lipinski definition) is 5. The summed E-state index contributed by atoms with van der Waals surface area (Å²) in [6.45, 7) is 1.99. The van der Waals surface area contributed by atoms with Crippen molar-refractivity contribution in [2.45, 2.75) is 19.4 Å². The molecule has 2 aromatic heterocycles. The van der Waals surface area contributed by atoms with Gasteiger partial charge >= 0.3 is 0 Å². The normalized spacial score (nSPS) is 18.5. The number of nitrogens with zero attached hydrogens (tertiary/aromatic N) is 3. The number of nitrogens with one attached hydrogen (secondary N) is 1. The molecule has 1 amide bonds. The third-order valence-corrected chi connectivity index (χ3v) is 3.64. The van der Waals surface area contributed by atoms with Crippen LogP contribution in [0.15, 0.2) is 41.3 Å². The van der Waals surface area contributed by atoms with Crippen molar-refractivity contribution in [1.29, 1.82) is 0 Å². The van der Waals surface area contributed by atoms with Crippen LogP contribution in [0, 0.1) is 5.92 Å². The monoisotopic (exact) mass is 286 g/mol. The van der Waals surface area contributed by atoms with E-state index in [-0.39, 0.29) is 11.8 Å². The Balaban J connectivity index is 1.56. The van der Waals surface area contributed by atoms with Crippen molar-refractivity contribution in [3.63, 3.8) is 0 Å². The van der Waals surface area contributed by atoms with E-state index in [4.69, 9.17) is 4.42 Å². The second-order valence-corrected chi connectivity index (χ2v) is 5.13. The van der Waals surface area contributed by atoms with Crippen LogP contribution >= 0.6 is 0 Å². The van der Waals surface area contributed by atoms with Gasteiger partial charge in [-0.2, -0.15) is 0 Å². The van der Waals surface area contributed by atoms with Gasteiger partial charge in [0.25, 0.3) is 0 Å². The molecular formula is C15H18N4O2. The van der Waals surface area contributed by atoms with E-state index in [1.165, 1.54) is 0 Å². The average Bonchev–Trinajstić information content (AvgIpc) is 3.07. The molecule has 1 atom stereocenters. The van der Waals surface area contributed by atoms with E-state index in [0.29, 0.717) is 19.0 Å². The molecular weight excluding hydrogens is 268 g/mol. The molecule has 6 nitrogen and oxygen atoms in total. The maximum Gasteiger partial charge on any atom is 0.225 e. The van der Waals surface area contributed by atoms with Crippen LogP contribution in [0.2, 0.25) is 0 Å². The highest BCUT2D eigenvalue weighted by Crippen LogP contribution is 2.20. The van der Waals surface area contributed by atoms with Crippen molar-refractivity contribution in [3.8, 4) is 0 Å². The summed E-state index contributed by atoms with van der Waals surface area (Å²) in [5, 5.41) is 2.93. The lowest BCUT2D eigenvalue weighted by molar-refractivity contribution is -0.125. The molecule has 1 aliphatic heterocycles. The largest absolute Gasteiger partial charge is 0.467 e. The van der Waals surface area contributed by atoms with E-state index in [9.17, 15) is 4.79 Å². The fourth-order valence-corrected chi connectivity index (χ4v) is 2.56. The lowest BCUT2D eigenvalue weighted by Gasteiger charge is -2.31. The van der Waals surface area contributed by atoms with Gasteiger partial charge < -0.3 is 14.6 Å². The molecule has 3 heterocycles. The number of anilines is 1. The highest BCUT2D eigenvalue weighted by molar-refractivity contribution is 5.79. The average molecular weight is 286 g/mol. The van der Waals surface area contributed by atoms with Gasteiger partial charge in [0.05, 0.1) is 18.7 Å². The van der Waals surface area contributed by atoms with Crippen LogP contribution < -0.4 is 10.2 Å². The number of hydrogen-bond donors (Lipinski definition) is 1. The first kappa shape index (κ1) is 13.6. The molecule has 0 unspecified atom stereocenters. The van der Waals surface area contributed by atoms with Gasteiger partial charge in [-0.1, -0.05) is 0 Å². The number of piperidine rings is 1. The number of carbonyl (C=O) groups excluding carboxylic acids is 1. The summed E-state index contributed by atoms with van der Waals surface area (Å²) in [5.74, 6) is 1.49. The Morgan fingerprint density at radius 1 is 1.38 bits per heavy atom. The van der Waals surface area contributed by atoms with Gasteiger partial charge in [0.2, 0.25) is 11.9 Å². The second kappa shape index (κ2) is 6.39. The lowest BCUT2D eigenvalue weighted by Crippen LogP contribution is -2.43. The minimum Gasteiger partial charge on any atom is -0.467 e. The van der Waals surface area contributed by atoms with E-state index in [2.05, 4.69) is 20.2 Å². The summed E-state index contributed by atoms with van der Waals surface area (Å²) in [6.07, 6.45) is 6.92. The molecule has 0 aromatic carbocycles. The Hall–Kier alpha value is -2.37. The van der Waals surface area contributed by atoms with E-state index >= 15 is 0 Å². The summed E-state index contributed by atoms with van der Waals surface area (Å²) in [4.78, 5) is 22.8. The van der Waals surface area contributed by atoms with E-state index in [0.717, 1.165) is 25.1 Å². The summed E-state index contributed by atoms with van der Waals surface area (Å²) >= 11 is 0. The van der Waals surface area contributed by atoms with Crippen LogP contribution in [0.25, 0.3) is 0 Å². The van der Waals surface area contributed by atoms with Gasteiger partial charge in [0.15, 0.2) is 0 Å². The zero-order chi connectivity index (χ0) is 14.5.